The molecular formula is C20H22ClN3O3. The third-order valence-electron chi connectivity index (χ3n) is 5.72. The number of carbonyl (C=O) groups is 3. The molecule has 1 aromatic carbocycles. The molecule has 6 nitrogen and oxygen atoms in total. The molecule has 2 aliphatic heterocycles. The number of imide groups is 1. The van der Waals surface area contributed by atoms with Crippen LogP contribution in [0.15, 0.2) is 36.4 Å². The average molecular weight is 388 g/mol. The Bertz CT molecular complexity index is 775. The lowest BCUT2D eigenvalue weighted by Gasteiger charge is -2.37. The number of likely N-dealkylation sites (tertiary alicyclic amines) is 1. The van der Waals surface area contributed by atoms with E-state index in [-0.39, 0.29) is 36.1 Å². The molecule has 7 heteroatoms. The maximum Gasteiger partial charge on any atom is 0.242 e. The number of allylic oxidation sites excluding steroid dienone is 2. The third-order valence-corrected chi connectivity index (χ3v) is 6.04. The second kappa shape index (κ2) is 7.35. The van der Waals surface area contributed by atoms with Crippen molar-refractivity contribution in [2.75, 3.05) is 37.6 Å². The number of para-hydroxylation sites is 1. The summed E-state index contributed by atoms with van der Waals surface area (Å²) in [6.45, 7) is 2.30. The van der Waals surface area contributed by atoms with Crippen LogP contribution in [0.3, 0.4) is 0 Å². The number of benzene rings is 1. The molecule has 142 valence electrons. The van der Waals surface area contributed by atoms with Crippen LogP contribution in [0.4, 0.5) is 5.69 Å². The van der Waals surface area contributed by atoms with E-state index in [4.69, 9.17) is 11.6 Å². The zero-order chi connectivity index (χ0) is 19.0. The fraction of sp³-hybridized carbons (Fsp3) is 0.450. The van der Waals surface area contributed by atoms with Crippen LogP contribution < -0.4 is 4.90 Å². The first-order valence-electron chi connectivity index (χ1n) is 9.33. The van der Waals surface area contributed by atoms with Gasteiger partial charge in [0, 0.05) is 26.2 Å². The van der Waals surface area contributed by atoms with Crippen molar-refractivity contribution >= 4 is 35.0 Å². The topological polar surface area (TPSA) is 60.9 Å². The van der Waals surface area contributed by atoms with Crippen LogP contribution in [0.2, 0.25) is 5.02 Å². The number of nitrogens with zero attached hydrogens (tertiary/aromatic N) is 3. The Labute approximate surface area is 163 Å². The van der Waals surface area contributed by atoms with Gasteiger partial charge in [0.05, 0.1) is 22.5 Å². The highest BCUT2D eigenvalue weighted by Crippen LogP contribution is 2.35. The van der Waals surface area contributed by atoms with E-state index in [2.05, 4.69) is 4.90 Å². The van der Waals surface area contributed by atoms with Crippen LogP contribution >= 0.6 is 11.6 Å². The summed E-state index contributed by atoms with van der Waals surface area (Å²) in [7, 11) is 0. The highest BCUT2D eigenvalue weighted by molar-refractivity contribution is 6.33. The number of amides is 3. The van der Waals surface area contributed by atoms with Crippen LogP contribution in [-0.4, -0.2) is 60.2 Å². The van der Waals surface area contributed by atoms with E-state index >= 15 is 0 Å². The molecule has 0 radical (unpaired) electrons. The van der Waals surface area contributed by atoms with E-state index < -0.39 is 0 Å². The standard InChI is InChI=1S/C20H22ClN3O3/c21-16-7-3-4-8-17(16)22-9-11-23(12-10-22)18(25)13-24-19(26)14-5-1-2-6-15(14)20(24)27/h1-4,7-8,14-15H,5-6,9-13H2/t14-,15-/m1/s1. The molecule has 2 atom stereocenters. The van der Waals surface area contributed by atoms with Crippen LogP contribution in [0.1, 0.15) is 12.8 Å². The second-order valence-corrected chi connectivity index (χ2v) is 7.64. The van der Waals surface area contributed by atoms with Crippen LogP contribution in [0.5, 0.6) is 0 Å². The molecule has 2 saturated heterocycles. The minimum atomic E-state index is -0.285. The van der Waals surface area contributed by atoms with Crippen molar-refractivity contribution in [1.29, 1.82) is 0 Å². The fourth-order valence-electron chi connectivity index (χ4n) is 4.17. The Hall–Kier alpha value is -2.34. The van der Waals surface area contributed by atoms with Crippen molar-refractivity contribution < 1.29 is 14.4 Å². The van der Waals surface area contributed by atoms with E-state index in [1.807, 2.05) is 36.4 Å². The van der Waals surface area contributed by atoms with Gasteiger partial charge in [-0.05, 0) is 25.0 Å². The predicted molar refractivity (Wildman–Crippen MR) is 102 cm³/mol. The summed E-state index contributed by atoms with van der Waals surface area (Å²) in [5.41, 5.74) is 0.965. The Kier molecular flexibility index (Phi) is 4.91. The molecule has 0 spiro atoms. The van der Waals surface area contributed by atoms with Crippen molar-refractivity contribution in [3.8, 4) is 0 Å². The Morgan fingerprint density at radius 3 is 2.15 bits per heavy atom. The number of rotatable bonds is 3. The number of piperazine rings is 1. The van der Waals surface area contributed by atoms with Gasteiger partial charge in [0.25, 0.3) is 0 Å². The van der Waals surface area contributed by atoms with Crippen molar-refractivity contribution in [3.05, 3.63) is 41.4 Å². The lowest BCUT2D eigenvalue weighted by molar-refractivity contribution is -0.146. The molecule has 1 aromatic rings. The molecule has 0 unspecified atom stereocenters. The number of anilines is 1. The van der Waals surface area contributed by atoms with Gasteiger partial charge in [-0.1, -0.05) is 35.9 Å². The van der Waals surface area contributed by atoms with E-state index in [0.717, 1.165) is 5.69 Å². The minimum Gasteiger partial charge on any atom is -0.367 e. The molecule has 27 heavy (non-hydrogen) atoms. The van der Waals surface area contributed by atoms with E-state index in [1.165, 1.54) is 4.90 Å². The lowest BCUT2D eigenvalue weighted by atomic mass is 9.85. The largest absolute Gasteiger partial charge is 0.367 e. The van der Waals surface area contributed by atoms with Gasteiger partial charge >= 0.3 is 0 Å². The zero-order valence-electron chi connectivity index (χ0n) is 15.0. The normalized spacial score (nSPS) is 25.1. The maximum absolute atomic E-state index is 12.7. The first-order chi connectivity index (χ1) is 13.1. The number of hydrogen-bond acceptors (Lipinski definition) is 4. The average Bonchev–Trinajstić information content (AvgIpc) is 2.94. The Balaban J connectivity index is 1.36. The lowest BCUT2D eigenvalue weighted by Crippen LogP contribution is -2.52. The summed E-state index contributed by atoms with van der Waals surface area (Å²) in [6, 6.07) is 7.66. The summed E-state index contributed by atoms with van der Waals surface area (Å²) in [4.78, 5) is 42.8. The number of halogens is 1. The Morgan fingerprint density at radius 1 is 0.963 bits per heavy atom. The van der Waals surface area contributed by atoms with Gasteiger partial charge in [-0.3, -0.25) is 19.3 Å². The Morgan fingerprint density at radius 2 is 1.56 bits per heavy atom. The summed E-state index contributed by atoms with van der Waals surface area (Å²) in [5, 5.41) is 0.696. The quantitative estimate of drug-likeness (QED) is 0.587. The van der Waals surface area contributed by atoms with E-state index in [1.54, 1.807) is 4.90 Å². The van der Waals surface area contributed by atoms with Gasteiger partial charge in [-0.2, -0.15) is 0 Å². The highest BCUT2D eigenvalue weighted by Gasteiger charge is 2.48. The van der Waals surface area contributed by atoms with Gasteiger partial charge in [-0.25, -0.2) is 0 Å². The number of carbonyl (C=O) groups excluding carboxylic acids is 3. The molecule has 4 rings (SSSR count). The van der Waals surface area contributed by atoms with E-state index in [9.17, 15) is 14.4 Å². The van der Waals surface area contributed by atoms with E-state index in [0.29, 0.717) is 44.0 Å². The molecule has 3 amide bonds. The SMILES string of the molecule is O=C(CN1C(=O)[C@@H]2CC=CC[C@H]2C1=O)N1CCN(c2ccccc2Cl)CC1. The number of hydrogen-bond donors (Lipinski definition) is 0. The van der Waals surface area contributed by atoms with Crippen molar-refractivity contribution in [2.24, 2.45) is 11.8 Å². The summed E-state index contributed by atoms with van der Waals surface area (Å²) < 4.78 is 0. The summed E-state index contributed by atoms with van der Waals surface area (Å²) in [6.07, 6.45) is 5.09. The molecule has 0 N–H and O–H groups in total. The van der Waals surface area contributed by atoms with Crippen LogP contribution in [0, 0.1) is 11.8 Å². The first kappa shape index (κ1) is 18.0. The van der Waals surface area contributed by atoms with Gasteiger partial charge in [0.15, 0.2) is 0 Å². The minimum absolute atomic E-state index is 0.142. The molecule has 3 aliphatic rings. The summed E-state index contributed by atoms with van der Waals surface area (Å²) >= 11 is 6.25. The smallest absolute Gasteiger partial charge is 0.242 e. The van der Waals surface area contributed by atoms with Crippen LogP contribution in [-0.2, 0) is 14.4 Å². The predicted octanol–water partition coefficient (Wildman–Crippen LogP) is 1.94. The maximum atomic E-state index is 12.7. The molecule has 2 fully saturated rings. The second-order valence-electron chi connectivity index (χ2n) is 7.24. The first-order valence-corrected chi connectivity index (χ1v) is 9.71. The highest BCUT2D eigenvalue weighted by atomic mass is 35.5. The van der Waals surface area contributed by atoms with Crippen molar-refractivity contribution in [2.45, 2.75) is 12.8 Å². The monoisotopic (exact) mass is 387 g/mol. The van der Waals surface area contributed by atoms with Crippen molar-refractivity contribution in [1.82, 2.24) is 9.80 Å². The molecule has 0 saturated carbocycles. The molecule has 0 bridgehead atoms. The van der Waals surface area contributed by atoms with Gasteiger partial charge in [0.1, 0.15) is 6.54 Å². The molecule has 0 aromatic heterocycles. The van der Waals surface area contributed by atoms with Crippen LogP contribution in [0.25, 0.3) is 0 Å². The fourth-order valence-corrected chi connectivity index (χ4v) is 4.42. The van der Waals surface area contributed by atoms with Gasteiger partial charge < -0.3 is 9.80 Å². The van der Waals surface area contributed by atoms with Crippen molar-refractivity contribution in [3.63, 3.8) is 0 Å². The van der Waals surface area contributed by atoms with Gasteiger partial charge in [0.2, 0.25) is 17.7 Å². The zero-order valence-corrected chi connectivity index (χ0v) is 15.8. The molecule has 2 heterocycles. The van der Waals surface area contributed by atoms with Gasteiger partial charge in [-0.15, -0.1) is 0 Å². The number of fused-ring (bicyclic) bond motifs is 1. The molecular weight excluding hydrogens is 366 g/mol. The molecule has 1 aliphatic carbocycles. The summed E-state index contributed by atoms with van der Waals surface area (Å²) in [5.74, 6) is -1.13. The third kappa shape index (κ3) is 3.34.